The molecule has 13 heavy (non-hydrogen) atoms. The summed E-state index contributed by atoms with van der Waals surface area (Å²) in [5.74, 6) is 0. The molecule has 5 heteroatoms. The van der Waals surface area contributed by atoms with E-state index in [9.17, 15) is 4.79 Å². The van der Waals surface area contributed by atoms with E-state index in [1.807, 2.05) is 0 Å². The van der Waals surface area contributed by atoms with Crippen LogP contribution in [0.25, 0.3) is 0 Å². The second-order valence-electron chi connectivity index (χ2n) is 2.63. The number of hydrogen-bond acceptors (Lipinski definition) is 4. The molecular formula is C8H10N4O. The molecule has 0 saturated heterocycles. The van der Waals surface area contributed by atoms with E-state index in [-0.39, 0.29) is 18.2 Å². The van der Waals surface area contributed by atoms with Gasteiger partial charge >= 0.3 is 0 Å². The molecule has 1 atom stereocenters. The molecule has 1 aromatic rings. The van der Waals surface area contributed by atoms with Crippen LogP contribution in [0, 0.1) is 11.3 Å². The lowest BCUT2D eigenvalue weighted by molar-refractivity contribution is 0.731. The minimum atomic E-state index is -0.407. The van der Waals surface area contributed by atoms with Gasteiger partial charge in [-0.15, -0.1) is 0 Å². The van der Waals surface area contributed by atoms with Crippen molar-refractivity contribution in [3.05, 3.63) is 33.7 Å². The molecule has 1 heterocycles. The summed E-state index contributed by atoms with van der Waals surface area (Å²) < 4.78 is 0. The van der Waals surface area contributed by atoms with Crippen LogP contribution >= 0.6 is 0 Å². The molecule has 0 radical (unpaired) electrons. The number of nitriles is 1. The molecule has 0 amide bonds. The molecule has 0 aromatic carbocycles. The van der Waals surface area contributed by atoms with E-state index >= 15 is 0 Å². The van der Waals surface area contributed by atoms with E-state index in [0.717, 1.165) is 0 Å². The first-order chi connectivity index (χ1) is 6.19. The predicted octanol–water partition coefficient (Wildman–Crippen LogP) is -0.795. The van der Waals surface area contributed by atoms with Gasteiger partial charge in [-0.05, 0) is 11.6 Å². The number of aromatic nitrogens is 1. The molecular weight excluding hydrogens is 168 g/mol. The van der Waals surface area contributed by atoms with Gasteiger partial charge in [0.25, 0.3) is 5.56 Å². The fourth-order valence-electron chi connectivity index (χ4n) is 0.934. The quantitative estimate of drug-likeness (QED) is 0.551. The van der Waals surface area contributed by atoms with Crippen molar-refractivity contribution in [2.24, 2.45) is 11.5 Å². The van der Waals surface area contributed by atoms with Crippen molar-refractivity contribution in [2.45, 2.75) is 6.04 Å². The van der Waals surface area contributed by atoms with Crippen molar-refractivity contribution in [3.8, 4) is 6.07 Å². The van der Waals surface area contributed by atoms with E-state index in [4.69, 9.17) is 16.7 Å². The summed E-state index contributed by atoms with van der Waals surface area (Å²) in [6, 6.07) is 2.89. The monoisotopic (exact) mass is 178 g/mol. The Bertz CT molecular complexity index is 390. The Balaban J connectivity index is 3.15. The van der Waals surface area contributed by atoms with Gasteiger partial charge in [0.1, 0.15) is 11.6 Å². The number of aromatic amines is 1. The van der Waals surface area contributed by atoms with Crippen molar-refractivity contribution in [1.29, 1.82) is 5.26 Å². The van der Waals surface area contributed by atoms with E-state index in [1.165, 1.54) is 12.3 Å². The first kappa shape index (κ1) is 9.45. The van der Waals surface area contributed by atoms with Gasteiger partial charge in [-0.2, -0.15) is 5.26 Å². The summed E-state index contributed by atoms with van der Waals surface area (Å²) in [5, 5.41) is 8.56. The zero-order chi connectivity index (χ0) is 9.84. The number of H-pyrrole nitrogens is 1. The van der Waals surface area contributed by atoms with Gasteiger partial charge in [-0.25, -0.2) is 0 Å². The zero-order valence-corrected chi connectivity index (χ0v) is 6.95. The molecule has 0 saturated carbocycles. The maximum Gasteiger partial charge on any atom is 0.265 e. The van der Waals surface area contributed by atoms with E-state index in [2.05, 4.69) is 4.98 Å². The predicted molar refractivity (Wildman–Crippen MR) is 47.8 cm³/mol. The van der Waals surface area contributed by atoms with Crippen LogP contribution in [0.15, 0.2) is 17.1 Å². The highest BCUT2D eigenvalue weighted by molar-refractivity contribution is 5.30. The third-order valence-corrected chi connectivity index (χ3v) is 1.73. The van der Waals surface area contributed by atoms with Crippen LogP contribution in [0.5, 0.6) is 0 Å². The molecule has 0 aliphatic carbocycles. The minimum Gasteiger partial charge on any atom is -0.329 e. The van der Waals surface area contributed by atoms with Gasteiger partial charge < -0.3 is 16.5 Å². The van der Waals surface area contributed by atoms with Crippen LogP contribution in [0.4, 0.5) is 0 Å². The third kappa shape index (κ3) is 1.93. The van der Waals surface area contributed by atoms with E-state index in [1.54, 1.807) is 6.07 Å². The lowest BCUT2D eigenvalue weighted by Crippen LogP contribution is -2.22. The van der Waals surface area contributed by atoms with Crippen LogP contribution in [0.2, 0.25) is 0 Å². The number of nitrogens with one attached hydrogen (secondary N) is 1. The van der Waals surface area contributed by atoms with Crippen molar-refractivity contribution in [2.75, 3.05) is 6.54 Å². The van der Waals surface area contributed by atoms with Gasteiger partial charge in [0.15, 0.2) is 0 Å². The highest BCUT2D eigenvalue weighted by Gasteiger charge is 2.06. The average molecular weight is 178 g/mol. The smallest absolute Gasteiger partial charge is 0.265 e. The Morgan fingerprint density at radius 1 is 1.69 bits per heavy atom. The third-order valence-electron chi connectivity index (χ3n) is 1.73. The molecule has 0 fully saturated rings. The summed E-state index contributed by atoms with van der Waals surface area (Å²) in [5.41, 5.74) is 11.3. The summed E-state index contributed by atoms with van der Waals surface area (Å²) in [6.07, 6.45) is 1.47. The Kier molecular flexibility index (Phi) is 2.80. The van der Waals surface area contributed by atoms with E-state index < -0.39 is 5.56 Å². The van der Waals surface area contributed by atoms with Gasteiger partial charge in [0, 0.05) is 18.8 Å². The summed E-state index contributed by atoms with van der Waals surface area (Å²) in [4.78, 5) is 13.4. The number of pyridine rings is 1. The van der Waals surface area contributed by atoms with Crippen LogP contribution in [0.3, 0.4) is 0 Å². The standard InChI is InChI=1S/C8H10N4O/c9-2-5-1-6(7(11)3-10)4-12-8(5)13/h1,4,7H,3,10-11H2,(H,12,13)/t7-/m0/s1. The molecule has 5 N–H and O–H groups in total. The van der Waals surface area contributed by atoms with Crippen LogP contribution in [-0.4, -0.2) is 11.5 Å². The van der Waals surface area contributed by atoms with Crippen LogP contribution < -0.4 is 17.0 Å². The maximum absolute atomic E-state index is 11.0. The number of rotatable bonds is 2. The molecule has 0 aliphatic heterocycles. The molecule has 5 nitrogen and oxygen atoms in total. The lowest BCUT2D eigenvalue weighted by atomic mass is 10.1. The summed E-state index contributed by atoms with van der Waals surface area (Å²) >= 11 is 0. The topological polar surface area (TPSA) is 109 Å². The fraction of sp³-hybridized carbons (Fsp3) is 0.250. The lowest BCUT2D eigenvalue weighted by Gasteiger charge is -2.07. The maximum atomic E-state index is 11.0. The number of hydrogen-bond donors (Lipinski definition) is 3. The van der Waals surface area contributed by atoms with Crippen molar-refractivity contribution < 1.29 is 0 Å². The van der Waals surface area contributed by atoms with E-state index in [0.29, 0.717) is 5.56 Å². The molecule has 68 valence electrons. The van der Waals surface area contributed by atoms with Gasteiger partial charge in [0.05, 0.1) is 0 Å². The Morgan fingerprint density at radius 3 is 2.92 bits per heavy atom. The van der Waals surface area contributed by atoms with Crippen molar-refractivity contribution >= 4 is 0 Å². The van der Waals surface area contributed by atoms with Gasteiger partial charge in [-0.3, -0.25) is 4.79 Å². The van der Waals surface area contributed by atoms with Crippen molar-refractivity contribution in [1.82, 2.24) is 4.98 Å². The Labute approximate surface area is 75.0 Å². The Morgan fingerprint density at radius 2 is 2.38 bits per heavy atom. The fourth-order valence-corrected chi connectivity index (χ4v) is 0.934. The minimum absolute atomic E-state index is 0.0569. The summed E-state index contributed by atoms with van der Waals surface area (Å²) in [6.45, 7) is 0.275. The largest absolute Gasteiger partial charge is 0.329 e. The molecule has 0 spiro atoms. The van der Waals surface area contributed by atoms with Gasteiger partial charge in [0.2, 0.25) is 0 Å². The average Bonchev–Trinajstić information content (AvgIpc) is 2.17. The SMILES string of the molecule is N#Cc1cc([C@@H](N)CN)c[nH]c1=O. The highest BCUT2D eigenvalue weighted by atomic mass is 16.1. The van der Waals surface area contributed by atoms with Crippen LogP contribution in [-0.2, 0) is 0 Å². The second kappa shape index (κ2) is 3.85. The molecule has 1 aromatic heterocycles. The molecule has 0 bridgehead atoms. The normalized spacial score (nSPS) is 12.1. The highest BCUT2D eigenvalue weighted by Crippen LogP contribution is 2.06. The first-order valence-corrected chi connectivity index (χ1v) is 3.77. The molecule has 0 unspecified atom stereocenters. The van der Waals surface area contributed by atoms with Crippen LogP contribution in [0.1, 0.15) is 17.2 Å². The second-order valence-corrected chi connectivity index (χ2v) is 2.63. The summed E-state index contributed by atoms with van der Waals surface area (Å²) in [7, 11) is 0. The number of nitrogens with two attached hydrogens (primary N) is 2. The molecule has 0 aliphatic rings. The van der Waals surface area contributed by atoms with Gasteiger partial charge in [-0.1, -0.05) is 0 Å². The molecule has 1 rings (SSSR count). The first-order valence-electron chi connectivity index (χ1n) is 3.77. The number of nitrogens with zero attached hydrogens (tertiary/aromatic N) is 1. The zero-order valence-electron chi connectivity index (χ0n) is 6.95. The Hall–Kier alpha value is -1.64. The van der Waals surface area contributed by atoms with Crippen molar-refractivity contribution in [3.63, 3.8) is 0 Å².